The normalized spacial score (nSPS) is 12.0. The molecular formula is C17H19BrO3. The Kier molecular flexibility index (Phi) is 5.65. The van der Waals surface area contributed by atoms with Crippen LogP contribution in [0.5, 0.6) is 17.2 Å². The van der Waals surface area contributed by atoms with Crippen LogP contribution in [0.3, 0.4) is 0 Å². The van der Waals surface area contributed by atoms with E-state index in [2.05, 4.69) is 22.9 Å². The number of para-hydroxylation sites is 2. The molecule has 0 aliphatic heterocycles. The number of benzene rings is 2. The molecule has 0 bridgehead atoms. The maximum absolute atomic E-state index is 9.59. The van der Waals surface area contributed by atoms with Crippen LogP contribution >= 0.6 is 15.9 Å². The number of hydrogen-bond acceptors (Lipinski definition) is 3. The van der Waals surface area contributed by atoms with Gasteiger partial charge < -0.3 is 14.6 Å². The highest BCUT2D eigenvalue weighted by atomic mass is 79.9. The summed E-state index contributed by atoms with van der Waals surface area (Å²) in [7, 11) is 0. The zero-order valence-electron chi connectivity index (χ0n) is 12.2. The van der Waals surface area contributed by atoms with Gasteiger partial charge in [-0.05, 0) is 59.1 Å². The maximum atomic E-state index is 9.59. The van der Waals surface area contributed by atoms with Gasteiger partial charge in [0.2, 0.25) is 0 Å². The average molecular weight is 351 g/mol. The third-order valence-electron chi connectivity index (χ3n) is 2.97. The standard InChI is InChI=1S/C17H19BrO3/c1-3-10-20-16-6-4-5-7-17(16)21-15-9-8-13(12(2)19)11-14(15)18/h4-9,11-12,19H,3,10H2,1-2H3/t12-/m0/s1. The highest BCUT2D eigenvalue weighted by Crippen LogP contribution is 2.36. The highest BCUT2D eigenvalue weighted by molar-refractivity contribution is 9.10. The summed E-state index contributed by atoms with van der Waals surface area (Å²) in [6.45, 7) is 4.45. The van der Waals surface area contributed by atoms with Crippen LogP contribution in [-0.4, -0.2) is 11.7 Å². The van der Waals surface area contributed by atoms with Gasteiger partial charge in [0.25, 0.3) is 0 Å². The summed E-state index contributed by atoms with van der Waals surface area (Å²) in [5, 5.41) is 9.59. The number of aliphatic hydroxyl groups is 1. The van der Waals surface area contributed by atoms with E-state index < -0.39 is 6.10 Å². The van der Waals surface area contributed by atoms with E-state index in [0.717, 1.165) is 22.2 Å². The van der Waals surface area contributed by atoms with E-state index in [1.165, 1.54) is 0 Å². The smallest absolute Gasteiger partial charge is 0.169 e. The molecule has 0 spiro atoms. The molecule has 0 fully saturated rings. The molecule has 0 aliphatic carbocycles. The van der Waals surface area contributed by atoms with Crippen LogP contribution < -0.4 is 9.47 Å². The first-order chi connectivity index (χ1) is 10.1. The first-order valence-electron chi connectivity index (χ1n) is 6.99. The molecule has 0 saturated heterocycles. The van der Waals surface area contributed by atoms with E-state index in [1.807, 2.05) is 42.5 Å². The summed E-state index contributed by atoms with van der Waals surface area (Å²) in [5.74, 6) is 2.09. The molecule has 21 heavy (non-hydrogen) atoms. The molecule has 1 atom stereocenters. The molecule has 3 nitrogen and oxygen atoms in total. The number of aliphatic hydroxyl groups excluding tert-OH is 1. The van der Waals surface area contributed by atoms with Crippen molar-refractivity contribution < 1.29 is 14.6 Å². The lowest BCUT2D eigenvalue weighted by atomic mass is 10.1. The number of halogens is 1. The second-order valence-electron chi connectivity index (χ2n) is 4.76. The second kappa shape index (κ2) is 7.48. The van der Waals surface area contributed by atoms with Crippen molar-refractivity contribution in [3.63, 3.8) is 0 Å². The van der Waals surface area contributed by atoms with E-state index in [9.17, 15) is 5.11 Å². The molecule has 0 amide bonds. The van der Waals surface area contributed by atoms with Crippen molar-refractivity contribution in [2.75, 3.05) is 6.61 Å². The zero-order chi connectivity index (χ0) is 15.2. The first kappa shape index (κ1) is 15.9. The van der Waals surface area contributed by atoms with E-state index in [0.29, 0.717) is 18.1 Å². The van der Waals surface area contributed by atoms with Gasteiger partial charge in [-0.15, -0.1) is 0 Å². The Hall–Kier alpha value is -1.52. The van der Waals surface area contributed by atoms with Crippen molar-refractivity contribution in [1.29, 1.82) is 0 Å². The van der Waals surface area contributed by atoms with Crippen molar-refractivity contribution in [2.24, 2.45) is 0 Å². The molecule has 2 aromatic rings. The molecular weight excluding hydrogens is 332 g/mol. The van der Waals surface area contributed by atoms with E-state index in [1.54, 1.807) is 6.92 Å². The van der Waals surface area contributed by atoms with Crippen molar-refractivity contribution in [3.8, 4) is 17.2 Å². The minimum absolute atomic E-state index is 0.504. The van der Waals surface area contributed by atoms with Gasteiger partial charge in [0.1, 0.15) is 5.75 Å². The topological polar surface area (TPSA) is 38.7 Å². The quantitative estimate of drug-likeness (QED) is 0.788. The lowest BCUT2D eigenvalue weighted by Gasteiger charge is -2.14. The molecule has 2 rings (SSSR count). The molecule has 1 N–H and O–H groups in total. The zero-order valence-corrected chi connectivity index (χ0v) is 13.8. The van der Waals surface area contributed by atoms with E-state index >= 15 is 0 Å². The number of hydrogen-bond donors (Lipinski definition) is 1. The van der Waals surface area contributed by atoms with Crippen molar-refractivity contribution in [2.45, 2.75) is 26.4 Å². The Morgan fingerprint density at radius 3 is 2.43 bits per heavy atom. The Bertz CT molecular complexity index is 596. The third kappa shape index (κ3) is 4.22. The van der Waals surface area contributed by atoms with Gasteiger partial charge in [0, 0.05) is 0 Å². The van der Waals surface area contributed by atoms with Crippen LogP contribution in [0.4, 0.5) is 0 Å². The number of rotatable bonds is 6. The monoisotopic (exact) mass is 350 g/mol. The minimum Gasteiger partial charge on any atom is -0.490 e. The fourth-order valence-corrected chi connectivity index (χ4v) is 2.32. The van der Waals surface area contributed by atoms with Gasteiger partial charge in [-0.2, -0.15) is 0 Å². The third-order valence-corrected chi connectivity index (χ3v) is 3.59. The van der Waals surface area contributed by atoms with E-state index in [-0.39, 0.29) is 0 Å². The Labute approximate surface area is 133 Å². The molecule has 0 heterocycles. The van der Waals surface area contributed by atoms with E-state index in [4.69, 9.17) is 9.47 Å². The van der Waals surface area contributed by atoms with Gasteiger partial charge in [-0.3, -0.25) is 0 Å². The molecule has 112 valence electrons. The Morgan fingerprint density at radius 1 is 1.10 bits per heavy atom. The van der Waals surface area contributed by atoms with Gasteiger partial charge >= 0.3 is 0 Å². The van der Waals surface area contributed by atoms with Crippen molar-refractivity contribution in [1.82, 2.24) is 0 Å². The van der Waals surface area contributed by atoms with Crippen LogP contribution in [-0.2, 0) is 0 Å². The molecule has 0 saturated carbocycles. The van der Waals surface area contributed by atoms with Crippen LogP contribution in [0.15, 0.2) is 46.9 Å². The molecule has 2 aromatic carbocycles. The highest BCUT2D eigenvalue weighted by Gasteiger charge is 2.10. The Morgan fingerprint density at radius 2 is 1.81 bits per heavy atom. The predicted molar refractivity (Wildman–Crippen MR) is 87.1 cm³/mol. The summed E-state index contributed by atoms with van der Waals surface area (Å²) < 4.78 is 12.4. The Balaban J connectivity index is 2.22. The molecule has 0 aliphatic rings. The van der Waals surface area contributed by atoms with Crippen LogP contribution in [0.25, 0.3) is 0 Å². The fourth-order valence-electron chi connectivity index (χ4n) is 1.84. The second-order valence-corrected chi connectivity index (χ2v) is 5.62. The number of ether oxygens (including phenoxy) is 2. The summed E-state index contributed by atoms with van der Waals surface area (Å²) in [5.41, 5.74) is 0.838. The van der Waals surface area contributed by atoms with Gasteiger partial charge in [-0.25, -0.2) is 0 Å². The summed E-state index contributed by atoms with van der Waals surface area (Å²) in [4.78, 5) is 0. The SMILES string of the molecule is CCCOc1ccccc1Oc1ccc([C@H](C)O)cc1Br. The van der Waals surface area contributed by atoms with Crippen molar-refractivity contribution >= 4 is 15.9 Å². The van der Waals surface area contributed by atoms with Crippen molar-refractivity contribution in [3.05, 3.63) is 52.5 Å². The summed E-state index contributed by atoms with van der Waals surface area (Å²) in [6.07, 6.45) is 0.441. The lowest BCUT2D eigenvalue weighted by molar-refractivity contribution is 0.199. The first-order valence-corrected chi connectivity index (χ1v) is 7.78. The molecule has 0 aromatic heterocycles. The van der Waals surface area contributed by atoms with Gasteiger partial charge in [0.05, 0.1) is 17.2 Å². The van der Waals surface area contributed by atoms with Crippen LogP contribution in [0, 0.1) is 0 Å². The van der Waals surface area contributed by atoms with Crippen LogP contribution in [0.2, 0.25) is 0 Å². The molecule has 4 heteroatoms. The lowest BCUT2D eigenvalue weighted by Crippen LogP contribution is -1.98. The largest absolute Gasteiger partial charge is 0.490 e. The molecule has 0 radical (unpaired) electrons. The summed E-state index contributed by atoms with van der Waals surface area (Å²) >= 11 is 3.47. The predicted octanol–water partition coefficient (Wildman–Crippen LogP) is 5.08. The van der Waals surface area contributed by atoms with Gasteiger partial charge in [-0.1, -0.05) is 25.1 Å². The molecule has 0 unspecified atom stereocenters. The minimum atomic E-state index is -0.504. The maximum Gasteiger partial charge on any atom is 0.169 e. The van der Waals surface area contributed by atoms with Crippen LogP contribution in [0.1, 0.15) is 31.9 Å². The summed E-state index contributed by atoms with van der Waals surface area (Å²) in [6, 6.07) is 13.1. The van der Waals surface area contributed by atoms with Gasteiger partial charge in [0.15, 0.2) is 11.5 Å². The average Bonchev–Trinajstić information content (AvgIpc) is 2.48. The fraction of sp³-hybridized carbons (Fsp3) is 0.294.